The molecule has 0 spiro atoms. The van der Waals surface area contributed by atoms with Crippen LogP contribution in [0.25, 0.3) is 0 Å². The van der Waals surface area contributed by atoms with Gasteiger partial charge in [0.25, 0.3) is 0 Å². The normalized spacial score (nSPS) is 14.7. The average Bonchev–Trinajstić information content (AvgIpc) is 2.55. The van der Waals surface area contributed by atoms with E-state index >= 15 is 0 Å². The molecule has 0 unspecified atom stereocenters. The monoisotopic (exact) mass is 351 g/mol. The van der Waals surface area contributed by atoms with Crippen LogP contribution in [0.5, 0.6) is 5.75 Å². The van der Waals surface area contributed by atoms with Crippen molar-refractivity contribution in [3.05, 3.63) is 59.9 Å². The number of halogens is 3. The van der Waals surface area contributed by atoms with Gasteiger partial charge in [-0.3, -0.25) is 9.59 Å². The molecule has 4 nitrogen and oxygen atoms in total. The van der Waals surface area contributed by atoms with E-state index in [1.54, 1.807) is 12.1 Å². The first-order valence-corrected chi connectivity index (χ1v) is 7.50. The second kappa shape index (κ2) is 7.38. The lowest BCUT2D eigenvalue weighted by Crippen LogP contribution is -2.21. The standard InChI is InChI=1S/C18H16F3NO3/c1-3-8-22(11-23)13-4-6-14(7-5-13)25-17-9-12(2)15(10-16(17)24)18(19,20)21/h4-7,9-11H,2-3,8H2,1H3. The van der Waals surface area contributed by atoms with Gasteiger partial charge in [-0.05, 0) is 42.3 Å². The second-order valence-corrected chi connectivity index (χ2v) is 5.35. The van der Waals surface area contributed by atoms with E-state index in [4.69, 9.17) is 4.74 Å². The van der Waals surface area contributed by atoms with E-state index in [1.807, 2.05) is 6.92 Å². The van der Waals surface area contributed by atoms with Crippen molar-refractivity contribution in [3.63, 3.8) is 0 Å². The minimum absolute atomic E-state index is 0.244. The lowest BCUT2D eigenvalue weighted by molar-refractivity contribution is -0.115. The summed E-state index contributed by atoms with van der Waals surface area (Å²) in [7, 11) is 0. The van der Waals surface area contributed by atoms with E-state index < -0.39 is 17.5 Å². The van der Waals surface area contributed by atoms with Crippen LogP contribution in [0.3, 0.4) is 0 Å². The van der Waals surface area contributed by atoms with Crippen LogP contribution in [0.15, 0.2) is 59.9 Å². The van der Waals surface area contributed by atoms with Gasteiger partial charge < -0.3 is 9.64 Å². The summed E-state index contributed by atoms with van der Waals surface area (Å²) in [5.41, 5.74) is -0.771. The number of anilines is 1. The molecule has 1 amide bonds. The molecule has 1 aliphatic carbocycles. The molecular formula is C18H16F3NO3. The summed E-state index contributed by atoms with van der Waals surface area (Å²) in [6.45, 7) is 5.80. The number of alkyl halides is 3. The van der Waals surface area contributed by atoms with E-state index in [-0.39, 0.29) is 17.1 Å². The van der Waals surface area contributed by atoms with Gasteiger partial charge in [-0.1, -0.05) is 13.5 Å². The number of carbonyl (C=O) groups excluding carboxylic acids is 2. The predicted molar refractivity (Wildman–Crippen MR) is 87.1 cm³/mol. The lowest BCUT2D eigenvalue weighted by Gasteiger charge is -2.19. The SMILES string of the molecule is C=C1C=C(Oc2ccc(N(C=O)CCC)cc2)C(=O)C=C1C(F)(F)F. The molecule has 25 heavy (non-hydrogen) atoms. The highest BCUT2D eigenvalue weighted by Crippen LogP contribution is 2.34. The summed E-state index contributed by atoms with van der Waals surface area (Å²) in [6, 6.07) is 6.31. The first kappa shape index (κ1) is 18.5. The summed E-state index contributed by atoms with van der Waals surface area (Å²) < 4.78 is 43.6. The van der Waals surface area contributed by atoms with Crippen molar-refractivity contribution < 1.29 is 27.5 Å². The van der Waals surface area contributed by atoms with Crippen molar-refractivity contribution in [3.8, 4) is 5.75 Å². The molecule has 1 aliphatic rings. The van der Waals surface area contributed by atoms with Gasteiger partial charge in [0, 0.05) is 18.3 Å². The van der Waals surface area contributed by atoms with Gasteiger partial charge in [0.1, 0.15) is 5.75 Å². The fraction of sp³-hybridized carbons (Fsp3) is 0.222. The van der Waals surface area contributed by atoms with E-state index in [1.165, 1.54) is 17.0 Å². The number of nitrogens with zero attached hydrogens (tertiary/aromatic N) is 1. The Morgan fingerprint density at radius 1 is 1.20 bits per heavy atom. The molecule has 0 saturated heterocycles. The number of allylic oxidation sites excluding steroid dienone is 4. The zero-order chi connectivity index (χ0) is 18.6. The number of hydrogen-bond acceptors (Lipinski definition) is 3. The number of ether oxygens (including phenoxy) is 1. The molecule has 1 aromatic rings. The van der Waals surface area contributed by atoms with Crippen molar-refractivity contribution >= 4 is 17.9 Å². The van der Waals surface area contributed by atoms with Crippen LogP contribution in [0.4, 0.5) is 18.9 Å². The van der Waals surface area contributed by atoms with E-state index in [9.17, 15) is 22.8 Å². The Kier molecular flexibility index (Phi) is 5.46. The van der Waals surface area contributed by atoms with E-state index in [2.05, 4.69) is 6.58 Å². The van der Waals surface area contributed by atoms with Crippen LogP contribution in [0.1, 0.15) is 13.3 Å². The molecule has 7 heteroatoms. The van der Waals surface area contributed by atoms with Crippen LogP contribution >= 0.6 is 0 Å². The number of hydrogen-bond donors (Lipinski definition) is 0. The highest BCUT2D eigenvalue weighted by atomic mass is 19.4. The van der Waals surface area contributed by atoms with Crippen LogP contribution in [-0.2, 0) is 9.59 Å². The minimum Gasteiger partial charge on any atom is -0.453 e. The number of benzene rings is 1. The summed E-state index contributed by atoms with van der Waals surface area (Å²) in [5, 5.41) is 0. The summed E-state index contributed by atoms with van der Waals surface area (Å²) in [5.74, 6) is -0.863. The van der Waals surface area contributed by atoms with Crippen molar-refractivity contribution in [1.29, 1.82) is 0 Å². The van der Waals surface area contributed by atoms with Gasteiger partial charge in [-0.15, -0.1) is 0 Å². The molecule has 0 heterocycles. The second-order valence-electron chi connectivity index (χ2n) is 5.35. The summed E-state index contributed by atoms with van der Waals surface area (Å²) >= 11 is 0. The molecule has 0 saturated carbocycles. The Morgan fingerprint density at radius 3 is 2.36 bits per heavy atom. The van der Waals surface area contributed by atoms with E-state index in [0.29, 0.717) is 24.7 Å². The molecule has 132 valence electrons. The van der Waals surface area contributed by atoms with Crippen molar-refractivity contribution in [2.75, 3.05) is 11.4 Å². The van der Waals surface area contributed by atoms with Gasteiger partial charge in [-0.2, -0.15) is 13.2 Å². The Balaban J connectivity index is 2.14. The highest BCUT2D eigenvalue weighted by molar-refractivity contribution is 6.05. The maximum atomic E-state index is 12.8. The molecule has 0 atom stereocenters. The number of carbonyl (C=O) groups is 2. The predicted octanol–water partition coefficient (Wildman–Crippen LogP) is 3.95. The summed E-state index contributed by atoms with van der Waals surface area (Å²) in [6.07, 6.45) is -1.71. The largest absolute Gasteiger partial charge is 0.453 e. The van der Waals surface area contributed by atoms with Crippen molar-refractivity contribution in [2.24, 2.45) is 0 Å². The zero-order valence-corrected chi connectivity index (χ0v) is 13.5. The third kappa shape index (κ3) is 4.37. The maximum Gasteiger partial charge on any atom is 0.417 e. The molecule has 0 fully saturated rings. The van der Waals surface area contributed by atoms with Crippen molar-refractivity contribution in [2.45, 2.75) is 19.5 Å². The number of ketones is 1. The first-order valence-electron chi connectivity index (χ1n) is 7.50. The Labute approximate surface area is 142 Å². The fourth-order valence-electron chi connectivity index (χ4n) is 2.26. The number of rotatable bonds is 6. The minimum atomic E-state index is -4.64. The maximum absolute atomic E-state index is 12.8. The van der Waals surface area contributed by atoms with Gasteiger partial charge >= 0.3 is 6.18 Å². The first-order chi connectivity index (χ1) is 11.8. The number of amides is 1. The molecule has 0 bridgehead atoms. The molecule has 0 aromatic heterocycles. The van der Waals surface area contributed by atoms with Gasteiger partial charge in [0.15, 0.2) is 5.76 Å². The van der Waals surface area contributed by atoms with Gasteiger partial charge in [-0.25, -0.2) is 0 Å². The molecule has 0 aliphatic heterocycles. The Morgan fingerprint density at radius 2 is 1.84 bits per heavy atom. The lowest BCUT2D eigenvalue weighted by atomic mass is 9.99. The Hall–Kier alpha value is -2.83. The fourth-order valence-corrected chi connectivity index (χ4v) is 2.26. The average molecular weight is 351 g/mol. The van der Waals surface area contributed by atoms with Crippen LogP contribution < -0.4 is 9.64 Å². The van der Waals surface area contributed by atoms with Gasteiger partial charge in [0.05, 0.1) is 5.57 Å². The van der Waals surface area contributed by atoms with Crippen LogP contribution in [0, 0.1) is 0 Å². The van der Waals surface area contributed by atoms with Crippen LogP contribution in [-0.4, -0.2) is 24.9 Å². The quantitative estimate of drug-likeness (QED) is 0.729. The van der Waals surface area contributed by atoms with E-state index in [0.717, 1.165) is 12.5 Å². The molecule has 1 aromatic carbocycles. The summed E-state index contributed by atoms with van der Waals surface area (Å²) in [4.78, 5) is 24.4. The molecular weight excluding hydrogens is 335 g/mol. The highest BCUT2D eigenvalue weighted by Gasteiger charge is 2.38. The zero-order valence-electron chi connectivity index (χ0n) is 13.5. The molecule has 2 rings (SSSR count). The smallest absolute Gasteiger partial charge is 0.417 e. The van der Waals surface area contributed by atoms with Crippen molar-refractivity contribution in [1.82, 2.24) is 0 Å². The third-order valence-electron chi connectivity index (χ3n) is 3.46. The van der Waals surface area contributed by atoms with Crippen LogP contribution in [0.2, 0.25) is 0 Å². The van der Waals surface area contributed by atoms with Gasteiger partial charge in [0.2, 0.25) is 12.2 Å². The Bertz CT molecular complexity index is 746. The molecule has 0 N–H and O–H groups in total. The topological polar surface area (TPSA) is 46.6 Å². The molecule has 0 radical (unpaired) electrons. The third-order valence-corrected chi connectivity index (χ3v) is 3.46.